The van der Waals surface area contributed by atoms with Crippen LogP contribution >= 0.6 is 46.4 Å². The topological polar surface area (TPSA) is 81.6 Å². The highest BCUT2D eigenvalue weighted by molar-refractivity contribution is 6.45. The fraction of sp³-hybridized carbons (Fsp3) is 0.0714. The number of aromatic nitrogens is 1. The second kappa shape index (κ2) is 7.36. The molecule has 0 atom stereocenters. The minimum absolute atomic E-state index is 0.00857. The van der Waals surface area contributed by atoms with E-state index in [2.05, 4.69) is 15.5 Å². The van der Waals surface area contributed by atoms with E-state index in [9.17, 15) is 4.79 Å². The Labute approximate surface area is 152 Å². The van der Waals surface area contributed by atoms with Gasteiger partial charge in [-0.3, -0.25) is 4.79 Å². The van der Waals surface area contributed by atoms with E-state index in [-0.39, 0.29) is 26.6 Å². The molecule has 2 aromatic rings. The number of hydrogen-bond acceptors (Lipinski definition) is 3. The molecular formula is C14H11Cl4N4O+. The molecular weight excluding hydrogens is 382 g/mol. The van der Waals surface area contributed by atoms with E-state index in [0.717, 1.165) is 5.56 Å². The van der Waals surface area contributed by atoms with Gasteiger partial charge in [-0.05, 0) is 36.2 Å². The van der Waals surface area contributed by atoms with E-state index in [4.69, 9.17) is 52.1 Å². The molecule has 0 aliphatic carbocycles. The quantitative estimate of drug-likeness (QED) is 0.472. The number of pyridine rings is 1. The molecule has 9 heteroatoms. The summed E-state index contributed by atoms with van der Waals surface area (Å²) in [5.74, 6) is -0.610. The van der Waals surface area contributed by atoms with E-state index in [1.165, 1.54) is 0 Å². The van der Waals surface area contributed by atoms with Crippen LogP contribution in [-0.2, 0) is 0 Å². The van der Waals surface area contributed by atoms with Crippen molar-refractivity contribution in [2.24, 2.45) is 5.10 Å². The van der Waals surface area contributed by atoms with Crippen molar-refractivity contribution in [3.8, 4) is 0 Å². The molecule has 0 unspecified atom stereocenters. The number of nitrogens with one attached hydrogen (secondary N) is 2. The molecule has 1 heterocycles. The van der Waals surface area contributed by atoms with Crippen LogP contribution in [0.4, 0.5) is 5.69 Å². The van der Waals surface area contributed by atoms with Crippen LogP contribution in [0, 0.1) is 0 Å². The molecule has 120 valence electrons. The van der Waals surface area contributed by atoms with E-state index in [1.54, 1.807) is 25.1 Å². The first-order chi connectivity index (χ1) is 10.8. The number of anilines is 1. The number of carbonyl (C=O) groups is 1. The summed E-state index contributed by atoms with van der Waals surface area (Å²) in [6.45, 7) is 1.72. The molecule has 0 fully saturated rings. The summed E-state index contributed by atoms with van der Waals surface area (Å²) >= 11 is 23.6. The van der Waals surface area contributed by atoms with Crippen molar-refractivity contribution in [3.63, 3.8) is 0 Å². The molecule has 2 rings (SSSR count). The Morgan fingerprint density at radius 1 is 1.22 bits per heavy atom. The SMILES string of the molecule is C/C(=N\NC(=O)c1[nH+]c(Cl)c(Cl)c(N)c1Cl)c1cccc(Cl)c1. The average Bonchev–Trinajstić information content (AvgIpc) is 2.53. The minimum atomic E-state index is -0.610. The number of rotatable bonds is 3. The Balaban J connectivity index is 2.25. The first kappa shape index (κ1) is 17.8. The molecule has 0 saturated heterocycles. The average molecular weight is 393 g/mol. The van der Waals surface area contributed by atoms with Gasteiger partial charge in [-0.25, -0.2) is 5.43 Å². The van der Waals surface area contributed by atoms with Gasteiger partial charge in [0.15, 0.2) is 0 Å². The van der Waals surface area contributed by atoms with Crippen LogP contribution in [0.2, 0.25) is 20.2 Å². The van der Waals surface area contributed by atoms with Crippen LogP contribution in [0.3, 0.4) is 0 Å². The molecule has 0 aliphatic heterocycles. The third-order valence-electron chi connectivity index (χ3n) is 2.91. The number of nitrogens with zero attached hydrogens (tertiary/aromatic N) is 1. The molecule has 1 aromatic heterocycles. The third kappa shape index (κ3) is 4.06. The molecule has 0 spiro atoms. The van der Waals surface area contributed by atoms with Crippen LogP contribution in [0.1, 0.15) is 23.0 Å². The van der Waals surface area contributed by atoms with Crippen LogP contribution in [0.25, 0.3) is 0 Å². The van der Waals surface area contributed by atoms with E-state index < -0.39 is 5.91 Å². The lowest BCUT2D eigenvalue weighted by atomic mass is 10.1. The monoisotopic (exact) mass is 391 g/mol. The lowest BCUT2D eigenvalue weighted by Gasteiger charge is -2.04. The lowest BCUT2D eigenvalue weighted by molar-refractivity contribution is -0.379. The molecule has 4 N–H and O–H groups in total. The fourth-order valence-electron chi connectivity index (χ4n) is 1.69. The second-order valence-electron chi connectivity index (χ2n) is 4.50. The molecule has 0 aliphatic rings. The number of amides is 1. The van der Waals surface area contributed by atoms with Gasteiger partial charge < -0.3 is 5.73 Å². The number of nitrogen functional groups attached to an aromatic ring is 1. The summed E-state index contributed by atoms with van der Waals surface area (Å²) < 4.78 is 0. The number of aromatic amines is 1. The zero-order valence-corrected chi connectivity index (χ0v) is 14.8. The van der Waals surface area contributed by atoms with Crippen LogP contribution < -0.4 is 16.1 Å². The van der Waals surface area contributed by atoms with E-state index in [1.807, 2.05) is 6.07 Å². The molecule has 5 nitrogen and oxygen atoms in total. The fourth-order valence-corrected chi connectivity index (χ4v) is 2.50. The van der Waals surface area contributed by atoms with Gasteiger partial charge in [-0.1, -0.05) is 46.9 Å². The van der Waals surface area contributed by atoms with Gasteiger partial charge in [-0.15, -0.1) is 0 Å². The summed E-state index contributed by atoms with van der Waals surface area (Å²) in [5.41, 5.74) is 9.35. The van der Waals surface area contributed by atoms with E-state index in [0.29, 0.717) is 10.7 Å². The first-order valence-electron chi connectivity index (χ1n) is 6.27. The van der Waals surface area contributed by atoms with Gasteiger partial charge >= 0.3 is 5.91 Å². The predicted molar refractivity (Wildman–Crippen MR) is 93.6 cm³/mol. The minimum Gasteiger partial charge on any atom is -0.396 e. The van der Waals surface area contributed by atoms with Gasteiger partial charge in [0.25, 0.3) is 10.8 Å². The number of halogens is 4. The Morgan fingerprint density at radius 3 is 2.57 bits per heavy atom. The predicted octanol–water partition coefficient (Wildman–Crippen LogP) is 3.85. The highest BCUT2D eigenvalue weighted by Gasteiger charge is 2.25. The lowest BCUT2D eigenvalue weighted by Crippen LogP contribution is -2.29. The zero-order valence-electron chi connectivity index (χ0n) is 11.8. The maximum atomic E-state index is 12.2. The number of carbonyl (C=O) groups excluding carboxylic acids is 1. The second-order valence-corrected chi connectivity index (χ2v) is 6.07. The highest BCUT2D eigenvalue weighted by Crippen LogP contribution is 2.31. The maximum absolute atomic E-state index is 12.2. The van der Waals surface area contributed by atoms with Crippen molar-refractivity contribution in [2.75, 3.05) is 5.73 Å². The number of hydrazone groups is 1. The summed E-state index contributed by atoms with van der Waals surface area (Å²) in [5, 5.41) is 4.59. The summed E-state index contributed by atoms with van der Waals surface area (Å²) in [7, 11) is 0. The molecule has 0 saturated carbocycles. The van der Waals surface area contributed by atoms with Crippen LogP contribution in [-0.4, -0.2) is 11.6 Å². The van der Waals surface area contributed by atoms with Crippen LogP contribution in [0.15, 0.2) is 29.4 Å². The number of benzene rings is 1. The summed E-state index contributed by atoms with van der Waals surface area (Å²) in [4.78, 5) is 14.7. The number of H-pyrrole nitrogens is 1. The van der Waals surface area contributed by atoms with Gasteiger partial charge in [0.05, 0.1) is 11.4 Å². The first-order valence-corrected chi connectivity index (χ1v) is 7.78. The van der Waals surface area contributed by atoms with Gasteiger partial charge in [0.1, 0.15) is 10.0 Å². The van der Waals surface area contributed by atoms with Crippen molar-refractivity contribution in [1.82, 2.24) is 5.43 Å². The van der Waals surface area contributed by atoms with Gasteiger partial charge in [0, 0.05) is 5.02 Å². The molecule has 1 aromatic carbocycles. The van der Waals surface area contributed by atoms with Gasteiger partial charge in [-0.2, -0.15) is 10.1 Å². The molecule has 23 heavy (non-hydrogen) atoms. The molecule has 1 amide bonds. The Bertz CT molecular complexity index is 808. The standard InChI is InChI=1S/C14H10Cl4N4O/c1-6(7-3-2-4-8(15)5-7)21-22-14(23)12-9(16)11(19)10(17)13(18)20-12/h2-5H,1H3,(H2,19,20)(H,22,23)/p+1/b21-6+. The normalized spacial score (nSPS) is 11.4. The van der Waals surface area contributed by atoms with Crippen molar-refractivity contribution >= 4 is 63.7 Å². The van der Waals surface area contributed by atoms with Crippen molar-refractivity contribution in [2.45, 2.75) is 6.92 Å². The number of nitrogens with two attached hydrogens (primary N) is 1. The van der Waals surface area contributed by atoms with E-state index >= 15 is 0 Å². The van der Waals surface area contributed by atoms with Crippen LogP contribution in [0.5, 0.6) is 0 Å². The molecule has 0 bridgehead atoms. The Kier molecular flexibility index (Phi) is 5.70. The van der Waals surface area contributed by atoms with Crippen molar-refractivity contribution in [1.29, 1.82) is 0 Å². The van der Waals surface area contributed by atoms with Crippen molar-refractivity contribution < 1.29 is 9.78 Å². The summed E-state index contributed by atoms with van der Waals surface area (Å²) in [6.07, 6.45) is 0. The maximum Gasteiger partial charge on any atom is 0.337 e. The Morgan fingerprint density at radius 2 is 1.91 bits per heavy atom. The largest absolute Gasteiger partial charge is 0.396 e. The zero-order chi connectivity index (χ0) is 17.1. The molecule has 0 radical (unpaired) electrons. The number of hydrogen-bond donors (Lipinski definition) is 2. The van der Waals surface area contributed by atoms with Crippen molar-refractivity contribution in [3.05, 3.63) is 55.7 Å². The third-order valence-corrected chi connectivity index (χ3v) is 4.31. The smallest absolute Gasteiger partial charge is 0.337 e. The van der Waals surface area contributed by atoms with Gasteiger partial charge in [0.2, 0.25) is 0 Å². The Hall–Kier alpha value is -1.53. The summed E-state index contributed by atoms with van der Waals surface area (Å²) in [6, 6.07) is 7.06. The highest BCUT2D eigenvalue weighted by atomic mass is 35.5.